The van der Waals surface area contributed by atoms with Crippen LogP contribution in [0.15, 0.2) is 78.9 Å². The van der Waals surface area contributed by atoms with Gasteiger partial charge in [0.25, 0.3) is 12.1 Å². The van der Waals surface area contributed by atoms with Crippen molar-refractivity contribution < 1.29 is 42.9 Å². The molecule has 3 aromatic carbocycles. The SMILES string of the molecule is CCOc1ccc(O[C@H](NC(=O)[C@@H]2Cc3ccc(cc3)OCCCCC(=O)N[C@@H](C(C)C)C(=O)N2)C(=O)N[C@H](C(=O)OCc2ccccc2)[C@@H](C)CC)cc1. The fraction of sp³-hybridized carbons (Fsp3) is 0.452. The molecule has 4 amide bonds. The molecule has 2 aliphatic heterocycles. The summed E-state index contributed by atoms with van der Waals surface area (Å²) in [7, 11) is 0. The minimum Gasteiger partial charge on any atom is -0.494 e. The first-order chi connectivity index (χ1) is 26.5. The maximum absolute atomic E-state index is 14.2. The summed E-state index contributed by atoms with van der Waals surface area (Å²) in [5, 5.41) is 11.0. The van der Waals surface area contributed by atoms with Crippen molar-refractivity contribution in [3.05, 3.63) is 90.0 Å². The first-order valence-electron chi connectivity index (χ1n) is 19.0. The van der Waals surface area contributed by atoms with Crippen LogP contribution in [0.5, 0.6) is 17.2 Å². The Balaban J connectivity index is 1.62. The van der Waals surface area contributed by atoms with E-state index in [1.807, 2.05) is 51.1 Å². The Labute approximate surface area is 323 Å². The smallest absolute Gasteiger partial charge is 0.329 e. The minimum atomic E-state index is -1.65. The van der Waals surface area contributed by atoms with Crippen molar-refractivity contribution in [1.29, 1.82) is 0 Å². The van der Waals surface area contributed by atoms with E-state index in [4.69, 9.17) is 18.9 Å². The molecule has 4 N–H and O–H groups in total. The van der Waals surface area contributed by atoms with E-state index in [0.717, 1.165) is 5.56 Å². The number of carbonyl (C=O) groups is 5. The molecule has 0 aromatic heterocycles. The van der Waals surface area contributed by atoms with E-state index >= 15 is 0 Å². The van der Waals surface area contributed by atoms with Gasteiger partial charge in [0.2, 0.25) is 17.7 Å². The van der Waals surface area contributed by atoms with Gasteiger partial charge in [-0.15, -0.1) is 0 Å². The van der Waals surface area contributed by atoms with Crippen LogP contribution in [0.2, 0.25) is 0 Å². The van der Waals surface area contributed by atoms with E-state index < -0.39 is 48.0 Å². The number of hydrogen-bond acceptors (Lipinski definition) is 9. The van der Waals surface area contributed by atoms with Crippen LogP contribution >= 0.6 is 0 Å². The zero-order valence-electron chi connectivity index (χ0n) is 32.3. The van der Waals surface area contributed by atoms with Crippen molar-refractivity contribution >= 4 is 29.6 Å². The monoisotopic (exact) mass is 758 g/mol. The lowest BCUT2D eigenvalue weighted by Crippen LogP contribution is -2.60. The molecule has 0 saturated carbocycles. The van der Waals surface area contributed by atoms with Crippen LogP contribution in [0.1, 0.15) is 71.4 Å². The lowest BCUT2D eigenvalue weighted by atomic mass is 9.99. The van der Waals surface area contributed by atoms with E-state index in [1.54, 1.807) is 62.4 Å². The molecule has 2 heterocycles. The average molecular weight is 759 g/mol. The quantitative estimate of drug-likeness (QED) is 0.136. The first-order valence-corrected chi connectivity index (χ1v) is 19.0. The predicted octanol–water partition coefficient (Wildman–Crippen LogP) is 4.61. The average Bonchev–Trinajstić information content (AvgIpc) is 3.18. The first kappa shape index (κ1) is 42.2. The van der Waals surface area contributed by atoms with Crippen molar-refractivity contribution in [1.82, 2.24) is 21.3 Å². The molecular formula is C42H54N4O9. The Bertz CT molecular complexity index is 1700. The van der Waals surface area contributed by atoms with E-state index in [9.17, 15) is 24.0 Å². The number of hydrogen-bond donors (Lipinski definition) is 4. The van der Waals surface area contributed by atoms with Gasteiger partial charge in [-0.25, -0.2) is 4.79 Å². The second-order valence-corrected chi connectivity index (χ2v) is 13.9. The molecule has 5 rings (SSSR count). The van der Waals surface area contributed by atoms with Gasteiger partial charge in [-0.3, -0.25) is 19.2 Å². The maximum atomic E-state index is 14.2. The highest BCUT2D eigenvalue weighted by atomic mass is 16.5. The predicted molar refractivity (Wildman–Crippen MR) is 206 cm³/mol. The third kappa shape index (κ3) is 13.3. The van der Waals surface area contributed by atoms with Crippen LogP contribution in [0.25, 0.3) is 0 Å². The third-order valence-electron chi connectivity index (χ3n) is 9.22. The van der Waals surface area contributed by atoms with Gasteiger partial charge in [0, 0.05) is 12.8 Å². The Morgan fingerprint density at radius 1 is 0.855 bits per heavy atom. The van der Waals surface area contributed by atoms with Gasteiger partial charge in [-0.05, 0) is 79.1 Å². The van der Waals surface area contributed by atoms with E-state index in [1.165, 1.54) is 0 Å². The van der Waals surface area contributed by atoms with Crippen molar-refractivity contribution in [3.63, 3.8) is 0 Å². The second kappa shape index (κ2) is 21.3. The summed E-state index contributed by atoms with van der Waals surface area (Å²) in [5.74, 6) is -2.22. The van der Waals surface area contributed by atoms with Gasteiger partial charge >= 0.3 is 5.97 Å². The third-order valence-corrected chi connectivity index (χ3v) is 9.22. The summed E-state index contributed by atoms with van der Waals surface area (Å²) in [6.07, 6.45) is 0.369. The summed E-state index contributed by atoms with van der Waals surface area (Å²) < 4.78 is 23.0. The topological polar surface area (TPSA) is 170 Å². The molecule has 13 nitrogen and oxygen atoms in total. The van der Waals surface area contributed by atoms with Crippen molar-refractivity contribution in [2.75, 3.05) is 13.2 Å². The maximum Gasteiger partial charge on any atom is 0.329 e. The Morgan fingerprint density at radius 3 is 2.20 bits per heavy atom. The molecule has 13 heteroatoms. The summed E-state index contributed by atoms with van der Waals surface area (Å²) >= 11 is 0. The zero-order chi connectivity index (χ0) is 39.7. The van der Waals surface area contributed by atoms with E-state index in [2.05, 4.69) is 21.3 Å². The highest BCUT2D eigenvalue weighted by Crippen LogP contribution is 2.20. The normalized spacial score (nSPS) is 18.1. The molecule has 0 unspecified atom stereocenters. The van der Waals surface area contributed by atoms with Gasteiger partial charge in [0.05, 0.1) is 13.2 Å². The van der Waals surface area contributed by atoms with Gasteiger partial charge in [-0.1, -0.05) is 76.6 Å². The standard InChI is InChI=1S/C42H54N4O9/c1-6-28(5)37(42(51)54-26-30-13-9-8-10-14-30)45-40(50)41(55-33-22-20-31(21-23-33)52-7-2)46-38(48)34-25-29-16-18-32(19-17-29)53-24-12-11-15-35(47)44-36(27(3)4)39(49)43-34/h8-10,13-14,16-23,27-28,34,36-37,41H,6-7,11-12,15,24-26H2,1-5H3,(H,43,49)(H,44,47)(H,45,50)(H,46,48)/t28-,34-,36-,37-,41-/m0/s1. The number of nitrogens with one attached hydrogen (secondary N) is 4. The molecule has 2 aliphatic rings. The molecule has 2 bridgehead atoms. The fourth-order valence-corrected chi connectivity index (χ4v) is 5.80. The molecule has 0 radical (unpaired) electrons. The van der Waals surface area contributed by atoms with Gasteiger partial charge < -0.3 is 40.2 Å². The highest BCUT2D eigenvalue weighted by molar-refractivity contribution is 5.95. The molecule has 55 heavy (non-hydrogen) atoms. The van der Waals surface area contributed by atoms with Crippen LogP contribution in [-0.2, 0) is 41.7 Å². The fourth-order valence-electron chi connectivity index (χ4n) is 5.80. The Kier molecular flexibility index (Phi) is 16.4. The summed E-state index contributed by atoms with van der Waals surface area (Å²) in [6.45, 7) is 10.0. The number of carbonyl (C=O) groups excluding carboxylic acids is 5. The minimum absolute atomic E-state index is 0.0115. The molecule has 0 spiro atoms. The lowest BCUT2D eigenvalue weighted by molar-refractivity contribution is -0.152. The van der Waals surface area contributed by atoms with Crippen LogP contribution in [0, 0.1) is 11.8 Å². The summed E-state index contributed by atoms with van der Waals surface area (Å²) in [4.78, 5) is 68.3. The van der Waals surface area contributed by atoms with Gasteiger partial charge in [0.15, 0.2) is 0 Å². The van der Waals surface area contributed by atoms with Gasteiger partial charge in [0.1, 0.15) is 42.0 Å². The second-order valence-electron chi connectivity index (χ2n) is 13.9. The number of fused-ring (bicyclic) bond motifs is 13. The molecule has 296 valence electrons. The molecule has 0 fully saturated rings. The number of rotatable bonds is 14. The van der Waals surface area contributed by atoms with Crippen LogP contribution < -0.4 is 35.5 Å². The van der Waals surface area contributed by atoms with Crippen molar-refractivity contribution in [3.8, 4) is 17.2 Å². The van der Waals surface area contributed by atoms with Crippen LogP contribution in [0.3, 0.4) is 0 Å². The summed E-state index contributed by atoms with van der Waals surface area (Å²) in [5.41, 5.74) is 1.49. The number of ether oxygens (including phenoxy) is 4. The molecule has 5 atom stereocenters. The number of esters is 1. The lowest BCUT2D eigenvalue weighted by Gasteiger charge is -2.28. The zero-order valence-corrected chi connectivity index (χ0v) is 32.3. The van der Waals surface area contributed by atoms with Gasteiger partial charge in [-0.2, -0.15) is 0 Å². The molecule has 3 aromatic rings. The van der Waals surface area contributed by atoms with Crippen LogP contribution in [0.4, 0.5) is 0 Å². The van der Waals surface area contributed by atoms with E-state index in [0.29, 0.717) is 49.5 Å². The number of benzene rings is 3. The molecule has 0 aliphatic carbocycles. The van der Waals surface area contributed by atoms with Crippen molar-refractivity contribution in [2.24, 2.45) is 11.8 Å². The van der Waals surface area contributed by atoms with E-state index in [-0.39, 0.29) is 42.9 Å². The Hall–Kier alpha value is -5.59. The number of amides is 4. The molecule has 0 saturated heterocycles. The Morgan fingerprint density at radius 2 is 1.55 bits per heavy atom. The largest absolute Gasteiger partial charge is 0.494 e. The summed E-state index contributed by atoms with van der Waals surface area (Å²) in [6, 6.07) is 19.6. The van der Waals surface area contributed by atoms with Crippen LogP contribution in [-0.4, -0.2) is 67.2 Å². The van der Waals surface area contributed by atoms with Crippen molar-refractivity contribution in [2.45, 2.75) is 97.7 Å². The highest BCUT2D eigenvalue weighted by Gasteiger charge is 2.35. The molecular weight excluding hydrogens is 704 g/mol.